The van der Waals surface area contributed by atoms with Crippen molar-refractivity contribution in [2.75, 3.05) is 13.2 Å². The molecule has 0 spiro atoms. The Morgan fingerprint density at radius 1 is 1.03 bits per heavy atom. The molecule has 8 nitrogen and oxygen atoms in total. The number of hydrogen-bond acceptors (Lipinski definition) is 5. The van der Waals surface area contributed by atoms with Crippen LogP contribution in [0.15, 0.2) is 48.5 Å². The smallest absolute Gasteiger partial charge is 0.407 e. The number of aliphatic carboxylic acids is 1. The van der Waals surface area contributed by atoms with Gasteiger partial charge in [-0.1, -0.05) is 62.4 Å². The maximum atomic E-state index is 13.0. The number of carboxylic acids is 1. The van der Waals surface area contributed by atoms with Crippen LogP contribution in [0.3, 0.4) is 0 Å². The quantitative estimate of drug-likeness (QED) is 0.533. The monoisotopic (exact) mass is 480 g/mol. The number of ether oxygens (including phenoxy) is 2. The third-order valence-corrected chi connectivity index (χ3v) is 6.91. The number of hydrogen-bond donors (Lipinski definition) is 3. The summed E-state index contributed by atoms with van der Waals surface area (Å²) in [6.45, 7) is 6.00. The number of rotatable bonds is 8. The Kier molecular flexibility index (Phi) is 7.40. The average Bonchev–Trinajstić information content (AvgIpc) is 3.40. The van der Waals surface area contributed by atoms with Gasteiger partial charge in [0.15, 0.2) is 6.10 Å². The molecule has 35 heavy (non-hydrogen) atoms. The van der Waals surface area contributed by atoms with Crippen molar-refractivity contribution in [3.8, 4) is 11.1 Å². The van der Waals surface area contributed by atoms with Crippen LogP contribution in [0.4, 0.5) is 4.79 Å². The van der Waals surface area contributed by atoms with Crippen molar-refractivity contribution in [2.24, 2.45) is 11.8 Å². The van der Waals surface area contributed by atoms with Crippen LogP contribution < -0.4 is 10.6 Å². The van der Waals surface area contributed by atoms with E-state index in [0.29, 0.717) is 6.42 Å². The molecule has 1 aliphatic carbocycles. The van der Waals surface area contributed by atoms with E-state index in [4.69, 9.17) is 9.47 Å². The van der Waals surface area contributed by atoms with Gasteiger partial charge in [-0.2, -0.15) is 0 Å². The average molecular weight is 481 g/mol. The van der Waals surface area contributed by atoms with E-state index < -0.39 is 36.2 Å². The highest BCUT2D eigenvalue weighted by atomic mass is 16.5. The van der Waals surface area contributed by atoms with Gasteiger partial charge in [-0.3, -0.25) is 4.79 Å². The highest BCUT2D eigenvalue weighted by molar-refractivity contribution is 5.83. The Balaban J connectivity index is 1.37. The normalized spacial score (nSPS) is 20.6. The van der Waals surface area contributed by atoms with E-state index in [1.54, 1.807) is 6.92 Å². The van der Waals surface area contributed by atoms with Crippen LogP contribution in [0.1, 0.15) is 44.2 Å². The van der Waals surface area contributed by atoms with Crippen LogP contribution in [0.2, 0.25) is 0 Å². The standard InChI is InChI=1S/C27H32N2O6/c1-15(2)23(25(30)29-22-12-13-34-24(22)26(31)32)16(3)28-27(33)35-14-21-19-10-6-4-8-17(19)18-9-5-7-11-20(18)21/h4-11,15-16,21-24H,12-14H2,1-3H3,(H,28,33)(H,29,30)(H,31,32). The van der Waals surface area contributed by atoms with Gasteiger partial charge in [0, 0.05) is 18.6 Å². The second-order valence-corrected chi connectivity index (χ2v) is 9.56. The van der Waals surface area contributed by atoms with Crippen LogP contribution in [-0.2, 0) is 19.1 Å². The van der Waals surface area contributed by atoms with Crippen molar-refractivity contribution in [1.29, 1.82) is 0 Å². The zero-order valence-corrected chi connectivity index (χ0v) is 20.2. The van der Waals surface area contributed by atoms with Crippen LogP contribution in [0.25, 0.3) is 11.1 Å². The molecule has 8 heteroatoms. The largest absolute Gasteiger partial charge is 0.479 e. The van der Waals surface area contributed by atoms with E-state index in [2.05, 4.69) is 34.9 Å². The van der Waals surface area contributed by atoms with Crippen LogP contribution >= 0.6 is 0 Å². The number of carboxylic acid groups (broad SMARTS) is 1. The number of carbonyl (C=O) groups excluding carboxylic acids is 2. The van der Waals surface area contributed by atoms with Crippen molar-refractivity contribution in [2.45, 2.75) is 51.3 Å². The molecule has 2 amide bonds. The molecule has 4 atom stereocenters. The molecule has 2 aromatic rings. The van der Waals surface area contributed by atoms with Crippen molar-refractivity contribution in [3.05, 3.63) is 59.7 Å². The third-order valence-electron chi connectivity index (χ3n) is 6.91. The lowest BCUT2D eigenvalue weighted by molar-refractivity contribution is -0.148. The second kappa shape index (κ2) is 10.5. The lowest BCUT2D eigenvalue weighted by Crippen LogP contribution is -2.52. The molecule has 0 bridgehead atoms. The SMILES string of the molecule is CC(C)C(C(=O)NC1CCOC1C(=O)O)C(C)NC(=O)OCC1c2ccccc2-c2ccccc21. The van der Waals surface area contributed by atoms with E-state index in [9.17, 15) is 19.5 Å². The van der Waals surface area contributed by atoms with Crippen LogP contribution in [0.5, 0.6) is 0 Å². The number of benzene rings is 2. The molecule has 4 rings (SSSR count). The van der Waals surface area contributed by atoms with Gasteiger partial charge in [0.2, 0.25) is 5.91 Å². The summed E-state index contributed by atoms with van der Waals surface area (Å²) in [5.41, 5.74) is 4.55. The van der Waals surface area contributed by atoms with E-state index in [-0.39, 0.29) is 31.0 Å². The summed E-state index contributed by atoms with van der Waals surface area (Å²) in [6.07, 6.45) is -1.22. The van der Waals surface area contributed by atoms with Gasteiger partial charge in [0.25, 0.3) is 0 Å². The Labute approximate surface area is 205 Å². The zero-order valence-electron chi connectivity index (χ0n) is 20.2. The third kappa shape index (κ3) is 5.17. The molecule has 3 N–H and O–H groups in total. The van der Waals surface area contributed by atoms with Crippen molar-refractivity contribution >= 4 is 18.0 Å². The Hall–Kier alpha value is -3.39. The topological polar surface area (TPSA) is 114 Å². The summed E-state index contributed by atoms with van der Waals surface area (Å²) in [4.78, 5) is 37.1. The molecule has 0 aromatic heterocycles. The van der Waals surface area contributed by atoms with Crippen molar-refractivity contribution < 1.29 is 29.0 Å². The molecule has 186 valence electrons. The summed E-state index contributed by atoms with van der Waals surface area (Å²) in [5, 5.41) is 14.9. The number of fused-ring (bicyclic) bond motifs is 3. The summed E-state index contributed by atoms with van der Waals surface area (Å²) in [6, 6.07) is 15.1. The fourth-order valence-electron chi connectivity index (χ4n) is 5.28. The minimum Gasteiger partial charge on any atom is -0.479 e. The second-order valence-electron chi connectivity index (χ2n) is 9.56. The first-order valence-corrected chi connectivity index (χ1v) is 12.0. The predicted octanol–water partition coefficient (Wildman–Crippen LogP) is 3.54. The van der Waals surface area contributed by atoms with Crippen molar-refractivity contribution in [1.82, 2.24) is 10.6 Å². The molecule has 0 saturated carbocycles. The van der Waals surface area contributed by atoms with E-state index in [1.807, 2.05) is 38.1 Å². The first kappa shape index (κ1) is 24.7. The van der Waals surface area contributed by atoms with Gasteiger partial charge in [-0.05, 0) is 41.5 Å². The number of alkyl carbamates (subject to hydrolysis) is 1. The number of amides is 2. The molecule has 4 unspecified atom stereocenters. The highest BCUT2D eigenvalue weighted by Crippen LogP contribution is 2.44. The maximum absolute atomic E-state index is 13.0. The Bertz CT molecular complexity index is 1060. The molecule has 1 aliphatic heterocycles. The van der Waals surface area contributed by atoms with Gasteiger partial charge < -0.3 is 25.2 Å². The van der Waals surface area contributed by atoms with Gasteiger partial charge in [-0.25, -0.2) is 9.59 Å². The molecule has 1 fully saturated rings. The molecule has 1 heterocycles. The van der Waals surface area contributed by atoms with Crippen LogP contribution in [0, 0.1) is 11.8 Å². The van der Waals surface area contributed by atoms with E-state index in [0.717, 1.165) is 22.3 Å². The highest BCUT2D eigenvalue weighted by Gasteiger charge is 2.38. The molecule has 2 aromatic carbocycles. The fourth-order valence-corrected chi connectivity index (χ4v) is 5.28. The minimum absolute atomic E-state index is 0.0528. The van der Waals surface area contributed by atoms with Crippen molar-refractivity contribution in [3.63, 3.8) is 0 Å². The first-order valence-electron chi connectivity index (χ1n) is 12.0. The van der Waals surface area contributed by atoms with E-state index in [1.165, 1.54) is 0 Å². The predicted molar refractivity (Wildman–Crippen MR) is 130 cm³/mol. The van der Waals surface area contributed by atoms with Crippen LogP contribution in [-0.4, -0.2) is 54.5 Å². The summed E-state index contributed by atoms with van der Waals surface area (Å²) in [5.74, 6) is -2.12. The fraction of sp³-hybridized carbons (Fsp3) is 0.444. The minimum atomic E-state index is -1.10. The van der Waals surface area contributed by atoms with Gasteiger partial charge >= 0.3 is 12.1 Å². The molecular formula is C27H32N2O6. The number of nitrogens with one attached hydrogen (secondary N) is 2. The van der Waals surface area contributed by atoms with E-state index >= 15 is 0 Å². The van der Waals surface area contributed by atoms with Gasteiger partial charge in [-0.15, -0.1) is 0 Å². The molecule has 0 radical (unpaired) electrons. The van der Waals surface area contributed by atoms with Gasteiger partial charge in [0.05, 0.1) is 12.0 Å². The summed E-state index contributed by atoms with van der Waals surface area (Å²) < 4.78 is 10.8. The molecule has 1 saturated heterocycles. The number of carbonyl (C=O) groups is 3. The molecular weight excluding hydrogens is 448 g/mol. The lowest BCUT2D eigenvalue weighted by Gasteiger charge is -2.29. The summed E-state index contributed by atoms with van der Waals surface area (Å²) >= 11 is 0. The zero-order chi connectivity index (χ0) is 25.1. The molecule has 2 aliphatic rings. The lowest BCUT2D eigenvalue weighted by atomic mass is 9.88. The first-order chi connectivity index (χ1) is 16.8. The van der Waals surface area contributed by atoms with Gasteiger partial charge in [0.1, 0.15) is 6.61 Å². The Morgan fingerprint density at radius 2 is 1.63 bits per heavy atom. The maximum Gasteiger partial charge on any atom is 0.407 e. The summed E-state index contributed by atoms with van der Waals surface area (Å²) in [7, 11) is 0. The Morgan fingerprint density at radius 3 is 2.20 bits per heavy atom.